The van der Waals surface area contributed by atoms with E-state index in [9.17, 15) is 14.0 Å². The lowest BCUT2D eigenvalue weighted by Crippen LogP contribution is -2.26. The second-order valence-electron chi connectivity index (χ2n) is 9.20. The zero-order valence-electron chi connectivity index (χ0n) is 19.7. The number of pyridine rings is 1. The van der Waals surface area contributed by atoms with Crippen molar-refractivity contribution in [2.45, 2.75) is 39.4 Å². The Balaban J connectivity index is 1.64. The van der Waals surface area contributed by atoms with Crippen molar-refractivity contribution in [1.29, 1.82) is 0 Å². The van der Waals surface area contributed by atoms with Gasteiger partial charge < -0.3 is 15.2 Å². The number of hydrogen-bond donors (Lipinski definition) is 1. The number of nitrogens with zero attached hydrogens (tertiary/aromatic N) is 2. The Labute approximate surface area is 202 Å². The quantitative estimate of drug-likeness (QED) is 0.303. The van der Waals surface area contributed by atoms with E-state index in [0.29, 0.717) is 27.8 Å². The second kappa shape index (κ2) is 9.58. The van der Waals surface area contributed by atoms with E-state index in [1.807, 2.05) is 12.1 Å². The molecular weight excluding hydrogens is 449 g/mol. The van der Waals surface area contributed by atoms with E-state index in [2.05, 4.69) is 4.98 Å². The number of esters is 1. The predicted molar refractivity (Wildman–Crippen MR) is 131 cm³/mol. The normalized spacial score (nSPS) is 11.4. The lowest BCUT2D eigenvalue weighted by Gasteiger charge is -2.19. The number of ether oxygens (including phenoxy) is 2. The molecule has 8 heteroatoms. The summed E-state index contributed by atoms with van der Waals surface area (Å²) in [5, 5.41) is 0.664. The molecule has 0 saturated heterocycles. The maximum absolute atomic E-state index is 13.3. The van der Waals surface area contributed by atoms with E-state index in [1.165, 1.54) is 22.9 Å². The number of nitrogen functional groups attached to an aromatic ring is 1. The maximum Gasteiger partial charge on any atom is 0.420 e. The highest BCUT2D eigenvalue weighted by molar-refractivity contribution is 5.99. The van der Waals surface area contributed by atoms with Crippen LogP contribution in [0.25, 0.3) is 22.2 Å². The Morgan fingerprint density at radius 1 is 1.06 bits per heavy atom. The Morgan fingerprint density at radius 3 is 2.54 bits per heavy atom. The van der Waals surface area contributed by atoms with Crippen LogP contribution in [-0.2, 0) is 27.3 Å². The van der Waals surface area contributed by atoms with Crippen LogP contribution in [0, 0.1) is 5.82 Å². The van der Waals surface area contributed by atoms with E-state index in [4.69, 9.17) is 15.2 Å². The number of benzene rings is 2. The number of nitrogens with two attached hydrogens (primary N) is 1. The Kier molecular flexibility index (Phi) is 6.55. The number of rotatable bonds is 5. The first-order valence-electron chi connectivity index (χ1n) is 11.1. The molecule has 7 nitrogen and oxygen atoms in total. The Bertz CT molecular complexity index is 1410. The van der Waals surface area contributed by atoms with Gasteiger partial charge >= 0.3 is 12.1 Å². The number of anilines is 1. The molecular formula is C27H26FN3O4. The van der Waals surface area contributed by atoms with Gasteiger partial charge in [-0.3, -0.25) is 4.79 Å². The fraction of sp³-hybridized carbons (Fsp3) is 0.222. The fourth-order valence-electron chi connectivity index (χ4n) is 3.64. The Hall–Kier alpha value is -4.20. The summed E-state index contributed by atoms with van der Waals surface area (Å²) in [5.74, 6) is -0.871. The van der Waals surface area contributed by atoms with Gasteiger partial charge in [0.1, 0.15) is 23.7 Å². The summed E-state index contributed by atoms with van der Waals surface area (Å²) in [6.45, 7) is 5.33. The first-order valence-corrected chi connectivity index (χ1v) is 11.1. The van der Waals surface area contributed by atoms with E-state index < -0.39 is 23.5 Å². The molecule has 0 aliphatic rings. The monoisotopic (exact) mass is 475 g/mol. The lowest BCUT2D eigenvalue weighted by atomic mass is 10.0. The van der Waals surface area contributed by atoms with Crippen molar-refractivity contribution >= 4 is 28.8 Å². The van der Waals surface area contributed by atoms with Crippen LogP contribution < -0.4 is 5.73 Å². The summed E-state index contributed by atoms with van der Waals surface area (Å²) in [7, 11) is 0. The molecule has 0 fully saturated rings. The molecule has 2 N–H and O–H groups in total. The number of aromatic nitrogens is 2. The van der Waals surface area contributed by atoms with Gasteiger partial charge in [-0.15, -0.1) is 0 Å². The molecule has 0 amide bonds. The van der Waals surface area contributed by atoms with Gasteiger partial charge in [0.05, 0.1) is 6.42 Å². The molecule has 0 atom stereocenters. The number of carbonyl (C=O) groups is 2. The molecule has 4 rings (SSSR count). The minimum Gasteiger partial charge on any atom is -0.461 e. The van der Waals surface area contributed by atoms with Gasteiger partial charge in [0, 0.05) is 29.0 Å². The molecule has 0 aliphatic carbocycles. The summed E-state index contributed by atoms with van der Waals surface area (Å²) >= 11 is 0. The van der Waals surface area contributed by atoms with Crippen molar-refractivity contribution in [3.05, 3.63) is 83.9 Å². The van der Waals surface area contributed by atoms with E-state index in [-0.39, 0.29) is 13.0 Å². The van der Waals surface area contributed by atoms with Crippen molar-refractivity contribution in [2.75, 3.05) is 5.73 Å². The van der Waals surface area contributed by atoms with Gasteiger partial charge in [-0.2, -0.15) is 0 Å². The first kappa shape index (κ1) is 23.9. The maximum atomic E-state index is 13.3. The van der Waals surface area contributed by atoms with Crippen LogP contribution in [0.1, 0.15) is 31.9 Å². The fourth-order valence-corrected chi connectivity index (χ4v) is 3.64. The highest BCUT2D eigenvalue weighted by atomic mass is 19.1. The molecule has 2 heterocycles. The molecule has 0 aliphatic heterocycles. The van der Waals surface area contributed by atoms with Crippen molar-refractivity contribution in [2.24, 2.45) is 0 Å². The Morgan fingerprint density at radius 2 is 1.83 bits per heavy atom. The molecule has 0 spiro atoms. The lowest BCUT2D eigenvalue weighted by molar-refractivity contribution is -0.144. The molecule has 180 valence electrons. The number of carbonyl (C=O) groups excluding carboxylic acids is 2. The number of halogens is 1. The standard InChI is InChI=1S/C27H26FN3O4/c1-27(2,3)35-26(33)31-15-23(19-7-5-9-21(29)13-19)22-11-18(14-30-25(22)31)12-24(32)34-16-17-6-4-8-20(28)10-17/h4-11,13-15H,12,16,29H2,1-3H3. The highest BCUT2D eigenvalue weighted by Crippen LogP contribution is 2.32. The van der Waals surface area contributed by atoms with Crippen LogP contribution in [0.5, 0.6) is 0 Å². The third-order valence-corrected chi connectivity index (χ3v) is 5.12. The van der Waals surface area contributed by atoms with Crippen molar-refractivity contribution < 1.29 is 23.5 Å². The summed E-state index contributed by atoms with van der Waals surface area (Å²) in [4.78, 5) is 29.8. The minimum atomic E-state index is -0.684. The van der Waals surface area contributed by atoms with Gasteiger partial charge in [0.25, 0.3) is 0 Å². The van der Waals surface area contributed by atoms with Gasteiger partial charge in [-0.25, -0.2) is 18.7 Å². The smallest absolute Gasteiger partial charge is 0.420 e. The van der Waals surface area contributed by atoms with Crippen LogP contribution in [0.4, 0.5) is 14.9 Å². The highest BCUT2D eigenvalue weighted by Gasteiger charge is 2.22. The van der Waals surface area contributed by atoms with Crippen LogP contribution in [0.15, 0.2) is 67.0 Å². The van der Waals surface area contributed by atoms with E-state index >= 15 is 0 Å². The third kappa shape index (κ3) is 5.84. The molecule has 4 aromatic rings. The van der Waals surface area contributed by atoms with Gasteiger partial charge in [0.2, 0.25) is 0 Å². The van der Waals surface area contributed by atoms with Crippen LogP contribution in [0.2, 0.25) is 0 Å². The molecule has 35 heavy (non-hydrogen) atoms. The molecule has 0 unspecified atom stereocenters. The zero-order valence-corrected chi connectivity index (χ0v) is 19.7. The van der Waals surface area contributed by atoms with Gasteiger partial charge in [-0.05, 0) is 67.8 Å². The number of fused-ring (bicyclic) bond motifs is 1. The summed E-state index contributed by atoms with van der Waals surface area (Å²) < 4.78 is 25.5. The SMILES string of the molecule is CC(C)(C)OC(=O)n1cc(-c2cccc(N)c2)c2cc(CC(=O)OCc3cccc(F)c3)cnc21. The van der Waals surface area contributed by atoms with Crippen LogP contribution >= 0.6 is 0 Å². The molecule has 0 saturated carbocycles. The molecule has 2 aromatic heterocycles. The predicted octanol–water partition coefficient (Wildman–Crippen LogP) is 5.49. The van der Waals surface area contributed by atoms with Crippen molar-refractivity contribution in [3.63, 3.8) is 0 Å². The number of hydrogen-bond acceptors (Lipinski definition) is 6. The van der Waals surface area contributed by atoms with E-state index in [1.54, 1.807) is 57.3 Å². The van der Waals surface area contributed by atoms with Crippen LogP contribution in [0.3, 0.4) is 0 Å². The molecule has 0 radical (unpaired) electrons. The molecule has 0 bridgehead atoms. The summed E-state index contributed by atoms with van der Waals surface area (Å²) in [6, 6.07) is 15.0. The van der Waals surface area contributed by atoms with Gasteiger partial charge in [-0.1, -0.05) is 24.3 Å². The average Bonchev–Trinajstić information content (AvgIpc) is 3.16. The summed E-state index contributed by atoms with van der Waals surface area (Å²) in [5.41, 5.74) is 8.95. The second-order valence-corrected chi connectivity index (χ2v) is 9.20. The van der Waals surface area contributed by atoms with Crippen molar-refractivity contribution in [3.8, 4) is 11.1 Å². The largest absolute Gasteiger partial charge is 0.461 e. The van der Waals surface area contributed by atoms with Crippen LogP contribution in [-0.4, -0.2) is 27.2 Å². The average molecular weight is 476 g/mol. The molecule has 2 aromatic carbocycles. The first-order chi connectivity index (χ1) is 16.6. The van der Waals surface area contributed by atoms with E-state index in [0.717, 1.165) is 11.1 Å². The van der Waals surface area contributed by atoms with Crippen molar-refractivity contribution in [1.82, 2.24) is 9.55 Å². The topological polar surface area (TPSA) is 96.4 Å². The zero-order chi connectivity index (χ0) is 25.2. The minimum absolute atomic E-state index is 0.0319. The third-order valence-electron chi connectivity index (χ3n) is 5.12. The summed E-state index contributed by atoms with van der Waals surface area (Å²) in [6.07, 6.45) is 2.58. The van der Waals surface area contributed by atoms with Gasteiger partial charge in [0.15, 0.2) is 0 Å².